The fourth-order valence-electron chi connectivity index (χ4n) is 4.97. The SMILES string of the molecule is O=S([O-])c1ccc(-c2cnn3cc(-c4ccc(C5(O)CCNCC5)cc4)cnc23)c2ccccc12. The molecule has 0 amide bonds. The fourth-order valence-corrected chi connectivity index (χ4v) is 5.50. The molecule has 8 heteroatoms. The Bertz CT molecular complexity index is 1570. The lowest BCUT2D eigenvalue weighted by Crippen LogP contribution is -2.39. The molecule has 0 radical (unpaired) electrons. The second-order valence-corrected chi connectivity index (χ2v) is 9.83. The van der Waals surface area contributed by atoms with Gasteiger partial charge in [-0.15, -0.1) is 0 Å². The first-order valence-corrected chi connectivity index (χ1v) is 12.6. The van der Waals surface area contributed by atoms with Crippen LogP contribution in [0.15, 0.2) is 84.1 Å². The van der Waals surface area contributed by atoms with Gasteiger partial charge in [0.05, 0.1) is 11.8 Å². The molecular formula is C27H23N4O3S-. The third-order valence-electron chi connectivity index (χ3n) is 6.90. The van der Waals surface area contributed by atoms with Crippen molar-refractivity contribution in [3.05, 3.63) is 84.8 Å². The lowest BCUT2D eigenvalue weighted by molar-refractivity contribution is 0.00595. The highest BCUT2D eigenvalue weighted by atomic mass is 32.2. The van der Waals surface area contributed by atoms with Crippen molar-refractivity contribution in [2.24, 2.45) is 0 Å². The van der Waals surface area contributed by atoms with E-state index in [1.807, 2.05) is 67.0 Å². The molecule has 2 aromatic heterocycles. The molecule has 6 rings (SSSR count). The number of nitrogens with one attached hydrogen (secondary N) is 1. The third-order valence-corrected chi connectivity index (χ3v) is 7.61. The summed E-state index contributed by atoms with van der Waals surface area (Å²) in [5.74, 6) is 0. The molecule has 7 nitrogen and oxygen atoms in total. The minimum atomic E-state index is -2.32. The molecule has 2 N–H and O–H groups in total. The van der Waals surface area contributed by atoms with E-state index in [-0.39, 0.29) is 4.90 Å². The molecule has 176 valence electrons. The van der Waals surface area contributed by atoms with E-state index in [0.29, 0.717) is 23.9 Å². The smallest absolute Gasteiger partial charge is 0.162 e. The van der Waals surface area contributed by atoms with Crippen molar-refractivity contribution in [1.82, 2.24) is 19.9 Å². The average molecular weight is 484 g/mol. The van der Waals surface area contributed by atoms with Crippen LogP contribution in [0.3, 0.4) is 0 Å². The average Bonchev–Trinajstić information content (AvgIpc) is 3.31. The Labute approximate surface area is 204 Å². The Morgan fingerprint density at radius 2 is 1.66 bits per heavy atom. The van der Waals surface area contributed by atoms with E-state index in [1.54, 1.807) is 16.8 Å². The largest absolute Gasteiger partial charge is 0.768 e. The standard InChI is InChI=1S/C27H24N4O3S/c32-27(11-13-28-14-12-27)20-7-5-18(6-8-20)19-15-29-26-24(16-30-31(26)17-19)22-9-10-25(35(33)34)23-4-2-1-3-21(22)23/h1-10,15-17,28,32H,11-14H2,(H,33,34)/p-1. The van der Waals surface area contributed by atoms with Crippen molar-refractivity contribution >= 4 is 27.5 Å². The monoisotopic (exact) mass is 483 g/mol. The zero-order valence-electron chi connectivity index (χ0n) is 18.8. The van der Waals surface area contributed by atoms with Gasteiger partial charge in [0.25, 0.3) is 0 Å². The number of hydrogen-bond acceptors (Lipinski definition) is 6. The van der Waals surface area contributed by atoms with E-state index in [1.165, 1.54) is 0 Å². The van der Waals surface area contributed by atoms with Crippen LogP contribution in [0, 0.1) is 0 Å². The van der Waals surface area contributed by atoms with Gasteiger partial charge < -0.3 is 15.0 Å². The fraction of sp³-hybridized carbons (Fsp3) is 0.185. The number of aromatic nitrogens is 3. The third kappa shape index (κ3) is 3.84. The van der Waals surface area contributed by atoms with Gasteiger partial charge in [-0.1, -0.05) is 54.6 Å². The Kier molecular flexibility index (Phi) is 5.46. The van der Waals surface area contributed by atoms with Crippen LogP contribution in [0.5, 0.6) is 0 Å². The number of nitrogens with zero attached hydrogens (tertiary/aromatic N) is 3. The summed E-state index contributed by atoms with van der Waals surface area (Å²) in [4.78, 5) is 4.98. The molecule has 35 heavy (non-hydrogen) atoms. The highest BCUT2D eigenvalue weighted by molar-refractivity contribution is 7.79. The normalized spacial score (nSPS) is 16.5. The molecule has 1 fully saturated rings. The van der Waals surface area contributed by atoms with Crippen molar-refractivity contribution in [1.29, 1.82) is 0 Å². The van der Waals surface area contributed by atoms with Gasteiger partial charge >= 0.3 is 0 Å². The van der Waals surface area contributed by atoms with E-state index in [2.05, 4.69) is 10.4 Å². The molecule has 0 bridgehead atoms. The van der Waals surface area contributed by atoms with Crippen LogP contribution in [-0.2, 0) is 16.7 Å². The number of piperidine rings is 1. The van der Waals surface area contributed by atoms with Crippen LogP contribution in [0.25, 0.3) is 38.7 Å². The molecule has 3 heterocycles. The molecule has 1 aliphatic rings. The molecule has 1 atom stereocenters. The first-order chi connectivity index (χ1) is 17.0. The zero-order valence-corrected chi connectivity index (χ0v) is 19.7. The van der Waals surface area contributed by atoms with Gasteiger partial charge in [0.15, 0.2) is 5.65 Å². The second-order valence-electron chi connectivity index (χ2n) is 8.92. The van der Waals surface area contributed by atoms with Crippen LogP contribution < -0.4 is 5.32 Å². The summed E-state index contributed by atoms with van der Waals surface area (Å²) in [7, 11) is 0. The maximum absolute atomic E-state index is 11.7. The molecule has 3 aromatic carbocycles. The van der Waals surface area contributed by atoms with Gasteiger partial charge in [-0.2, -0.15) is 5.10 Å². The number of rotatable bonds is 4. The lowest BCUT2D eigenvalue weighted by Gasteiger charge is -2.33. The summed E-state index contributed by atoms with van der Waals surface area (Å²) in [6.45, 7) is 1.63. The maximum atomic E-state index is 11.7. The van der Waals surface area contributed by atoms with Crippen molar-refractivity contribution in [2.75, 3.05) is 13.1 Å². The van der Waals surface area contributed by atoms with Crippen LogP contribution in [0.4, 0.5) is 0 Å². The molecule has 1 aliphatic heterocycles. The van der Waals surface area contributed by atoms with E-state index >= 15 is 0 Å². The highest BCUT2D eigenvalue weighted by Crippen LogP contribution is 2.35. The van der Waals surface area contributed by atoms with Crippen LogP contribution in [0.1, 0.15) is 18.4 Å². The molecule has 1 unspecified atom stereocenters. The van der Waals surface area contributed by atoms with Crippen molar-refractivity contribution < 1.29 is 13.9 Å². The van der Waals surface area contributed by atoms with Gasteiger partial charge in [-0.3, -0.25) is 4.21 Å². The first-order valence-electron chi connectivity index (χ1n) is 11.5. The van der Waals surface area contributed by atoms with Gasteiger partial charge in [-0.05, 0) is 70.5 Å². The van der Waals surface area contributed by atoms with E-state index < -0.39 is 16.7 Å². The lowest BCUT2D eigenvalue weighted by atomic mass is 9.84. The molecule has 5 aromatic rings. The summed E-state index contributed by atoms with van der Waals surface area (Å²) in [5.41, 5.74) is 4.47. The first kappa shape index (κ1) is 22.1. The summed E-state index contributed by atoms with van der Waals surface area (Å²) in [6, 6.07) is 18.9. The number of hydrogen-bond donors (Lipinski definition) is 2. The molecule has 1 saturated heterocycles. The second kappa shape index (κ2) is 8.66. The Morgan fingerprint density at radius 1 is 0.914 bits per heavy atom. The van der Waals surface area contributed by atoms with Gasteiger partial charge in [0, 0.05) is 28.4 Å². The minimum absolute atomic E-state index is 0.272. The van der Waals surface area contributed by atoms with Crippen molar-refractivity contribution in [3.63, 3.8) is 0 Å². The Balaban J connectivity index is 1.37. The van der Waals surface area contributed by atoms with Crippen molar-refractivity contribution in [3.8, 4) is 22.3 Å². The van der Waals surface area contributed by atoms with Crippen LogP contribution in [0.2, 0.25) is 0 Å². The maximum Gasteiger partial charge on any atom is 0.162 e. The Hall–Kier alpha value is -3.43. The molecular weight excluding hydrogens is 460 g/mol. The number of fused-ring (bicyclic) bond motifs is 2. The molecule has 0 aliphatic carbocycles. The highest BCUT2D eigenvalue weighted by Gasteiger charge is 2.30. The number of aliphatic hydroxyl groups is 1. The summed E-state index contributed by atoms with van der Waals surface area (Å²) < 4.78 is 25.1. The zero-order chi connectivity index (χ0) is 24.0. The van der Waals surface area contributed by atoms with Crippen LogP contribution in [-0.4, -0.2) is 41.6 Å². The van der Waals surface area contributed by atoms with E-state index in [9.17, 15) is 13.9 Å². The van der Waals surface area contributed by atoms with Crippen molar-refractivity contribution in [2.45, 2.75) is 23.3 Å². The molecule has 0 saturated carbocycles. The van der Waals surface area contributed by atoms with Gasteiger partial charge in [-0.25, -0.2) is 9.50 Å². The van der Waals surface area contributed by atoms with E-state index in [4.69, 9.17) is 4.98 Å². The summed E-state index contributed by atoms with van der Waals surface area (Å²) >= 11 is -2.32. The minimum Gasteiger partial charge on any atom is -0.768 e. The molecule has 0 spiro atoms. The predicted octanol–water partition coefficient (Wildman–Crippen LogP) is 4.03. The summed E-state index contributed by atoms with van der Waals surface area (Å²) in [5, 5.41) is 20.3. The topological polar surface area (TPSA) is 103 Å². The van der Waals surface area contributed by atoms with Crippen LogP contribution >= 0.6 is 0 Å². The van der Waals surface area contributed by atoms with E-state index in [0.717, 1.165) is 46.3 Å². The van der Waals surface area contributed by atoms with Gasteiger partial charge in [0.2, 0.25) is 0 Å². The summed E-state index contributed by atoms with van der Waals surface area (Å²) in [6.07, 6.45) is 6.92. The predicted molar refractivity (Wildman–Crippen MR) is 135 cm³/mol. The Morgan fingerprint density at radius 3 is 2.40 bits per heavy atom. The van der Waals surface area contributed by atoms with Gasteiger partial charge in [0.1, 0.15) is 0 Å². The number of benzene rings is 3. The quantitative estimate of drug-likeness (QED) is 0.374.